The molecule has 0 aliphatic carbocycles. The summed E-state index contributed by atoms with van der Waals surface area (Å²) in [7, 11) is 0. The van der Waals surface area contributed by atoms with Gasteiger partial charge in [0.2, 0.25) is 0 Å². The van der Waals surface area contributed by atoms with Gasteiger partial charge in [0, 0.05) is 11.1 Å². The number of nitrogens with zero attached hydrogens (tertiary/aromatic N) is 1. The average molecular weight is 165 g/mol. The highest BCUT2D eigenvalue weighted by molar-refractivity contribution is 5.82. The molecule has 0 spiro atoms. The quantitative estimate of drug-likeness (QED) is 0.637. The van der Waals surface area contributed by atoms with Crippen LogP contribution in [0.2, 0.25) is 0 Å². The SMILES string of the molecule is Cc1cc2cc(O)ccc2n1F. The number of aryl methyl sites for hydroxylation is 1. The molecule has 1 aromatic heterocycles. The zero-order chi connectivity index (χ0) is 8.72. The second-order valence-electron chi connectivity index (χ2n) is 2.81. The van der Waals surface area contributed by atoms with Crippen molar-refractivity contribution in [3.63, 3.8) is 0 Å². The first-order chi connectivity index (χ1) is 5.68. The van der Waals surface area contributed by atoms with Gasteiger partial charge in [0.15, 0.2) is 0 Å². The molecule has 0 unspecified atom stereocenters. The van der Waals surface area contributed by atoms with Crippen molar-refractivity contribution in [2.75, 3.05) is 0 Å². The van der Waals surface area contributed by atoms with Crippen molar-refractivity contribution in [2.24, 2.45) is 0 Å². The normalized spacial score (nSPS) is 10.8. The van der Waals surface area contributed by atoms with E-state index in [0.29, 0.717) is 16.0 Å². The zero-order valence-electron chi connectivity index (χ0n) is 6.58. The Balaban J connectivity index is 2.87. The van der Waals surface area contributed by atoms with Crippen molar-refractivity contribution in [1.82, 2.24) is 4.79 Å². The number of aromatic nitrogens is 1. The molecule has 2 aromatic rings. The van der Waals surface area contributed by atoms with E-state index < -0.39 is 0 Å². The maximum Gasteiger partial charge on any atom is 0.116 e. The highest BCUT2D eigenvalue weighted by atomic mass is 19.2. The van der Waals surface area contributed by atoms with Crippen LogP contribution in [-0.4, -0.2) is 9.90 Å². The second kappa shape index (κ2) is 2.24. The minimum atomic E-state index is 0.160. The number of rotatable bonds is 0. The Morgan fingerprint density at radius 2 is 2.08 bits per heavy atom. The van der Waals surface area contributed by atoms with E-state index in [1.165, 1.54) is 6.07 Å². The van der Waals surface area contributed by atoms with Gasteiger partial charge in [0.25, 0.3) is 0 Å². The number of phenols is 1. The smallest absolute Gasteiger partial charge is 0.116 e. The second-order valence-corrected chi connectivity index (χ2v) is 2.81. The van der Waals surface area contributed by atoms with Crippen LogP contribution >= 0.6 is 0 Å². The molecule has 0 saturated carbocycles. The van der Waals surface area contributed by atoms with Gasteiger partial charge in [0.05, 0.1) is 5.52 Å². The molecule has 0 bridgehead atoms. The number of hydrogen-bond acceptors (Lipinski definition) is 1. The number of halogens is 1. The van der Waals surface area contributed by atoms with Gasteiger partial charge in [-0.1, -0.05) is 4.48 Å². The fourth-order valence-corrected chi connectivity index (χ4v) is 1.31. The molecular formula is C9H8FNO. The van der Waals surface area contributed by atoms with Crippen LogP contribution in [0.15, 0.2) is 24.3 Å². The zero-order valence-corrected chi connectivity index (χ0v) is 6.58. The van der Waals surface area contributed by atoms with E-state index in [2.05, 4.69) is 0 Å². The molecule has 1 N–H and O–H groups in total. The Bertz CT molecular complexity index is 433. The van der Waals surface area contributed by atoms with Crippen LogP contribution in [0.1, 0.15) is 5.69 Å². The molecule has 0 radical (unpaired) electrons. The van der Waals surface area contributed by atoms with Gasteiger partial charge in [0.1, 0.15) is 5.75 Å². The molecule has 0 saturated heterocycles. The fourth-order valence-electron chi connectivity index (χ4n) is 1.31. The molecule has 62 valence electrons. The van der Waals surface area contributed by atoms with Crippen LogP contribution in [-0.2, 0) is 0 Å². The molecule has 2 rings (SSSR count). The molecule has 0 amide bonds. The maximum atomic E-state index is 13.1. The summed E-state index contributed by atoms with van der Waals surface area (Å²) in [6.45, 7) is 1.68. The monoisotopic (exact) mass is 165 g/mol. The lowest BCUT2D eigenvalue weighted by Gasteiger charge is -1.93. The van der Waals surface area contributed by atoms with Gasteiger partial charge in [-0.3, -0.25) is 0 Å². The Morgan fingerprint density at radius 3 is 2.83 bits per heavy atom. The molecule has 0 atom stereocenters. The summed E-state index contributed by atoms with van der Waals surface area (Å²) in [5, 5.41) is 9.82. The van der Waals surface area contributed by atoms with Crippen molar-refractivity contribution in [1.29, 1.82) is 0 Å². The Morgan fingerprint density at radius 1 is 1.33 bits per heavy atom. The van der Waals surface area contributed by atoms with Gasteiger partial charge < -0.3 is 5.11 Å². The molecule has 1 heterocycles. The van der Waals surface area contributed by atoms with E-state index in [-0.39, 0.29) is 5.75 Å². The number of phenolic OH excluding ortho intramolecular Hbond substituents is 1. The predicted molar refractivity (Wildman–Crippen MR) is 44.8 cm³/mol. The van der Waals surface area contributed by atoms with E-state index >= 15 is 0 Å². The summed E-state index contributed by atoms with van der Waals surface area (Å²) < 4.78 is 13.1. The number of benzene rings is 1. The van der Waals surface area contributed by atoms with Gasteiger partial charge in [-0.05, 0) is 31.2 Å². The Hall–Kier alpha value is -1.51. The standard InChI is InChI=1S/C9H8FNO/c1-6-4-7-5-8(12)2-3-9(7)11(6)10/h2-5,12H,1H3. The van der Waals surface area contributed by atoms with Crippen LogP contribution in [0, 0.1) is 6.92 Å². The maximum absolute atomic E-state index is 13.1. The molecule has 0 fully saturated rings. The predicted octanol–water partition coefficient (Wildman–Crippen LogP) is 2.39. The third-order valence-electron chi connectivity index (χ3n) is 1.90. The highest BCUT2D eigenvalue weighted by Crippen LogP contribution is 2.23. The lowest BCUT2D eigenvalue weighted by molar-refractivity contribution is 0.377. The van der Waals surface area contributed by atoms with E-state index in [9.17, 15) is 4.48 Å². The van der Waals surface area contributed by atoms with Crippen molar-refractivity contribution in [2.45, 2.75) is 6.92 Å². The highest BCUT2D eigenvalue weighted by Gasteiger charge is 2.04. The third kappa shape index (κ3) is 0.863. The molecule has 12 heavy (non-hydrogen) atoms. The van der Waals surface area contributed by atoms with Crippen LogP contribution in [0.4, 0.5) is 4.48 Å². The van der Waals surface area contributed by atoms with Crippen LogP contribution in [0.25, 0.3) is 10.9 Å². The van der Waals surface area contributed by atoms with E-state index in [1.54, 1.807) is 25.1 Å². The Labute approximate surface area is 68.8 Å². The first-order valence-electron chi connectivity index (χ1n) is 3.66. The summed E-state index contributed by atoms with van der Waals surface area (Å²) in [4.78, 5) is 0.606. The minimum absolute atomic E-state index is 0.160. The lowest BCUT2D eigenvalue weighted by atomic mass is 10.2. The van der Waals surface area contributed by atoms with Crippen molar-refractivity contribution in [3.05, 3.63) is 30.0 Å². The summed E-state index contributed by atoms with van der Waals surface area (Å²) in [6.07, 6.45) is 0. The van der Waals surface area contributed by atoms with Crippen molar-refractivity contribution < 1.29 is 9.59 Å². The summed E-state index contributed by atoms with van der Waals surface area (Å²) in [6, 6.07) is 6.25. The van der Waals surface area contributed by atoms with E-state index in [1.807, 2.05) is 0 Å². The molecular weight excluding hydrogens is 157 g/mol. The summed E-state index contributed by atoms with van der Waals surface area (Å²) in [5.41, 5.74) is 1.03. The average Bonchev–Trinajstić information content (AvgIpc) is 2.28. The summed E-state index contributed by atoms with van der Waals surface area (Å²) >= 11 is 0. The van der Waals surface area contributed by atoms with Gasteiger partial charge in [-0.15, -0.1) is 0 Å². The van der Waals surface area contributed by atoms with Gasteiger partial charge >= 0.3 is 0 Å². The van der Waals surface area contributed by atoms with Gasteiger partial charge in [-0.2, -0.15) is 4.79 Å². The number of hydrogen-bond donors (Lipinski definition) is 1. The largest absolute Gasteiger partial charge is 0.508 e. The minimum Gasteiger partial charge on any atom is -0.508 e. The van der Waals surface area contributed by atoms with E-state index in [0.717, 1.165) is 5.39 Å². The summed E-state index contributed by atoms with van der Waals surface area (Å²) in [5.74, 6) is 0.160. The first kappa shape index (κ1) is 7.16. The van der Waals surface area contributed by atoms with Crippen molar-refractivity contribution >= 4 is 10.9 Å². The van der Waals surface area contributed by atoms with Crippen molar-refractivity contribution in [3.8, 4) is 5.75 Å². The van der Waals surface area contributed by atoms with Gasteiger partial charge in [-0.25, -0.2) is 0 Å². The van der Waals surface area contributed by atoms with Crippen LogP contribution < -0.4 is 0 Å². The Kier molecular flexibility index (Phi) is 1.33. The third-order valence-corrected chi connectivity index (χ3v) is 1.90. The van der Waals surface area contributed by atoms with Crippen LogP contribution in [0.3, 0.4) is 0 Å². The van der Waals surface area contributed by atoms with Crippen LogP contribution in [0.5, 0.6) is 5.75 Å². The molecule has 0 aliphatic rings. The molecule has 0 aliphatic heterocycles. The molecule has 3 heteroatoms. The number of aromatic hydroxyl groups is 1. The van der Waals surface area contributed by atoms with E-state index in [4.69, 9.17) is 5.11 Å². The number of fused-ring (bicyclic) bond motifs is 1. The first-order valence-corrected chi connectivity index (χ1v) is 3.66. The molecule has 1 aromatic carbocycles. The fraction of sp³-hybridized carbons (Fsp3) is 0.111. The molecule has 2 nitrogen and oxygen atoms in total. The topological polar surface area (TPSA) is 25.2 Å². The lowest BCUT2D eigenvalue weighted by Crippen LogP contribution is -1.82.